The Morgan fingerprint density at radius 2 is 1.07 bits per heavy atom. The molecule has 0 amide bonds. The molecule has 30 heavy (non-hydrogen) atoms. The zero-order valence-corrected chi connectivity index (χ0v) is 20.1. The molecule has 0 unspecified atom stereocenters. The normalized spacial score (nSPS) is 11.5. The van der Waals surface area contributed by atoms with E-state index >= 15 is 0 Å². The summed E-state index contributed by atoms with van der Waals surface area (Å²) in [6.45, 7) is 8.58. The van der Waals surface area contributed by atoms with Crippen LogP contribution in [0.5, 0.6) is 11.5 Å². The Labute approximate surface area is 185 Å². The number of hydrogen-bond acceptors (Lipinski definition) is 3. The van der Waals surface area contributed by atoms with Gasteiger partial charge >= 0.3 is 5.97 Å². The van der Waals surface area contributed by atoms with Gasteiger partial charge in [0.15, 0.2) is 0 Å². The standard InChI is InChI=1S/C27H46O3/c1-5-6-7-8-9-10-11-12-13-14-15-16-17-18-23-29-24-19-21-25(22-20-24)30-26(28)27(2,3)4/h19-22H,5-18,23H2,1-4H3. The summed E-state index contributed by atoms with van der Waals surface area (Å²) in [5.41, 5.74) is -0.497. The van der Waals surface area contributed by atoms with Gasteiger partial charge in [-0.05, 0) is 51.5 Å². The van der Waals surface area contributed by atoms with Crippen LogP contribution >= 0.6 is 0 Å². The lowest BCUT2D eigenvalue weighted by atomic mass is 9.97. The van der Waals surface area contributed by atoms with Crippen LogP contribution in [0.25, 0.3) is 0 Å². The maximum atomic E-state index is 11.9. The molecule has 0 saturated heterocycles. The summed E-state index contributed by atoms with van der Waals surface area (Å²) >= 11 is 0. The van der Waals surface area contributed by atoms with Crippen LogP contribution in [0, 0.1) is 5.41 Å². The topological polar surface area (TPSA) is 35.5 Å². The SMILES string of the molecule is CCCCCCCCCCCCCCCCOc1ccc(OC(=O)C(C)(C)C)cc1. The molecule has 0 aliphatic rings. The van der Waals surface area contributed by atoms with Gasteiger partial charge in [0.1, 0.15) is 11.5 Å². The van der Waals surface area contributed by atoms with Gasteiger partial charge < -0.3 is 9.47 Å². The predicted octanol–water partition coefficient (Wildman–Crippen LogP) is 8.50. The summed E-state index contributed by atoms with van der Waals surface area (Å²) in [5.74, 6) is 1.18. The van der Waals surface area contributed by atoms with Gasteiger partial charge in [0.05, 0.1) is 12.0 Å². The summed E-state index contributed by atoms with van der Waals surface area (Å²) in [4.78, 5) is 11.9. The van der Waals surface area contributed by atoms with Crippen molar-refractivity contribution in [2.75, 3.05) is 6.61 Å². The van der Waals surface area contributed by atoms with Gasteiger partial charge in [-0.25, -0.2) is 0 Å². The number of unbranched alkanes of at least 4 members (excludes halogenated alkanes) is 13. The van der Waals surface area contributed by atoms with E-state index in [1.165, 1.54) is 83.5 Å². The minimum atomic E-state index is -0.497. The van der Waals surface area contributed by atoms with E-state index in [1.54, 1.807) is 12.1 Å². The second-order valence-electron chi connectivity index (χ2n) is 9.56. The fourth-order valence-corrected chi connectivity index (χ4v) is 3.35. The van der Waals surface area contributed by atoms with Crippen LogP contribution in [0.4, 0.5) is 0 Å². The van der Waals surface area contributed by atoms with Crippen LogP contribution in [-0.4, -0.2) is 12.6 Å². The molecule has 3 nitrogen and oxygen atoms in total. The van der Waals surface area contributed by atoms with Crippen molar-refractivity contribution in [2.24, 2.45) is 5.41 Å². The highest BCUT2D eigenvalue weighted by atomic mass is 16.5. The Hall–Kier alpha value is -1.51. The van der Waals surface area contributed by atoms with E-state index in [9.17, 15) is 4.79 Å². The third-order valence-electron chi connectivity index (χ3n) is 5.41. The number of esters is 1. The van der Waals surface area contributed by atoms with Crippen molar-refractivity contribution in [3.63, 3.8) is 0 Å². The molecule has 0 bridgehead atoms. The first kappa shape index (κ1) is 26.5. The third kappa shape index (κ3) is 13.7. The largest absolute Gasteiger partial charge is 0.494 e. The molecule has 0 fully saturated rings. The van der Waals surface area contributed by atoms with Crippen LogP contribution < -0.4 is 9.47 Å². The number of rotatable bonds is 17. The van der Waals surface area contributed by atoms with Gasteiger partial charge in [-0.2, -0.15) is 0 Å². The van der Waals surface area contributed by atoms with Crippen molar-refractivity contribution in [3.8, 4) is 11.5 Å². The second-order valence-corrected chi connectivity index (χ2v) is 9.56. The molecular formula is C27H46O3. The first-order valence-corrected chi connectivity index (χ1v) is 12.4. The summed E-state index contributed by atoms with van der Waals surface area (Å²) in [5, 5.41) is 0. The molecule has 0 saturated carbocycles. The number of carbonyl (C=O) groups excluding carboxylic acids is 1. The molecule has 0 radical (unpaired) electrons. The number of ether oxygens (including phenoxy) is 2. The highest BCUT2D eigenvalue weighted by Crippen LogP contribution is 2.22. The highest BCUT2D eigenvalue weighted by Gasteiger charge is 2.23. The Morgan fingerprint density at radius 1 is 0.667 bits per heavy atom. The Morgan fingerprint density at radius 3 is 1.50 bits per heavy atom. The van der Waals surface area contributed by atoms with Gasteiger partial charge in [0, 0.05) is 0 Å². The smallest absolute Gasteiger partial charge is 0.316 e. The minimum Gasteiger partial charge on any atom is -0.494 e. The van der Waals surface area contributed by atoms with Gasteiger partial charge in [-0.15, -0.1) is 0 Å². The van der Waals surface area contributed by atoms with E-state index in [0.29, 0.717) is 5.75 Å². The molecule has 0 heterocycles. The summed E-state index contributed by atoms with van der Waals surface area (Å²) < 4.78 is 11.2. The van der Waals surface area contributed by atoms with Crippen LogP contribution in [-0.2, 0) is 4.79 Å². The molecule has 1 aromatic rings. The lowest BCUT2D eigenvalue weighted by Crippen LogP contribution is -2.25. The lowest BCUT2D eigenvalue weighted by Gasteiger charge is -2.16. The number of hydrogen-bond donors (Lipinski definition) is 0. The summed E-state index contributed by atoms with van der Waals surface area (Å²) in [7, 11) is 0. The molecule has 1 aromatic carbocycles. The van der Waals surface area contributed by atoms with Crippen molar-refractivity contribution >= 4 is 5.97 Å². The van der Waals surface area contributed by atoms with Crippen molar-refractivity contribution in [1.82, 2.24) is 0 Å². The maximum Gasteiger partial charge on any atom is 0.316 e. The first-order valence-electron chi connectivity index (χ1n) is 12.4. The molecule has 0 aliphatic heterocycles. The number of benzene rings is 1. The van der Waals surface area contributed by atoms with Gasteiger partial charge in [-0.1, -0.05) is 90.4 Å². The average Bonchev–Trinajstić information content (AvgIpc) is 2.71. The fraction of sp³-hybridized carbons (Fsp3) is 0.741. The zero-order valence-electron chi connectivity index (χ0n) is 20.1. The van der Waals surface area contributed by atoms with Gasteiger partial charge in [-0.3, -0.25) is 4.79 Å². The monoisotopic (exact) mass is 418 g/mol. The highest BCUT2D eigenvalue weighted by molar-refractivity contribution is 5.77. The predicted molar refractivity (Wildman–Crippen MR) is 127 cm³/mol. The Bertz CT molecular complexity index is 542. The lowest BCUT2D eigenvalue weighted by molar-refractivity contribution is -0.143. The fourth-order valence-electron chi connectivity index (χ4n) is 3.35. The van der Waals surface area contributed by atoms with E-state index in [0.717, 1.165) is 18.8 Å². The van der Waals surface area contributed by atoms with Crippen molar-refractivity contribution in [3.05, 3.63) is 24.3 Å². The molecule has 172 valence electrons. The van der Waals surface area contributed by atoms with Gasteiger partial charge in [0.25, 0.3) is 0 Å². The van der Waals surface area contributed by atoms with Crippen molar-refractivity contribution in [2.45, 2.75) is 118 Å². The quantitative estimate of drug-likeness (QED) is 0.144. The van der Waals surface area contributed by atoms with E-state index in [1.807, 2.05) is 32.9 Å². The molecule has 0 atom stereocenters. The van der Waals surface area contributed by atoms with Crippen molar-refractivity contribution < 1.29 is 14.3 Å². The average molecular weight is 419 g/mol. The van der Waals surface area contributed by atoms with Crippen LogP contribution in [0.1, 0.15) is 118 Å². The Kier molecular flexibility index (Phi) is 14.3. The van der Waals surface area contributed by atoms with E-state index in [2.05, 4.69) is 6.92 Å². The van der Waals surface area contributed by atoms with E-state index in [4.69, 9.17) is 9.47 Å². The van der Waals surface area contributed by atoms with Crippen LogP contribution in [0.2, 0.25) is 0 Å². The summed E-state index contributed by atoms with van der Waals surface area (Å²) in [6, 6.07) is 7.33. The maximum absolute atomic E-state index is 11.9. The van der Waals surface area contributed by atoms with E-state index in [-0.39, 0.29) is 5.97 Å². The molecule has 3 heteroatoms. The molecule has 0 aliphatic carbocycles. The first-order chi connectivity index (χ1) is 14.4. The third-order valence-corrected chi connectivity index (χ3v) is 5.41. The number of carbonyl (C=O) groups is 1. The molecule has 0 aromatic heterocycles. The molecule has 0 spiro atoms. The Balaban J connectivity index is 1.94. The molecule has 1 rings (SSSR count). The second kappa shape index (κ2) is 16.2. The zero-order chi connectivity index (χ0) is 22.1. The van der Waals surface area contributed by atoms with Crippen LogP contribution in [0.3, 0.4) is 0 Å². The van der Waals surface area contributed by atoms with Crippen molar-refractivity contribution in [1.29, 1.82) is 0 Å². The summed E-state index contributed by atoms with van der Waals surface area (Å²) in [6.07, 6.45) is 19.1. The minimum absolute atomic E-state index is 0.224. The van der Waals surface area contributed by atoms with Crippen LogP contribution in [0.15, 0.2) is 24.3 Å². The molecular weight excluding hydrogens is 372 g/mol. The van der Waals surface area contributed by atoms with Gasteiger partial charge in [0.2, 0.25) is 0 Å². The molecule has 0 N–H and O–H groups in total. The van der Waals surface area contributed by atoms with E-state index < -0.39 is 5.41 Å².